The summed E-state index contributed by atoms with van der Waals surface area (Å²) in [5.74, 6) is -0.574. The minimum atomic E-state index is -0.833. The Morgan fingerprint density at radius 1 is 0.516 bits per heavy atom. The number of rotatable bonds is 16. The number of hydrogen-bond donors (Lipinski definition) is 1. The number of aliphatic carboxylic acids is 1. The topological polar surface area (TPSA) is 54.4 Å². The molecule has 0 aromatic carbocycles. The van der Waals surface area contributed by atoms with E-state index in [1.54, 1.807) is 19.9 Å². The fourth-order valence-corrected chi connectivity index (χ4v) is 3.17. The van der Waals surface area contributed by atoms with Gasteiger partial charge in [-0.2, -0.15) is 0 Å². The number of carboxylic acids is 1. The third kappa shape index (κ3) is 18.3. The Morgan fingerprint density at radius 2 is 0.806 bits per heavy atom. The van der Waals surface area contributed by atoms with Gasteiger partial charge >= 0.3 is 5.97 Å². The Labute approximate surface area is 190 Å². The van der Waals surface area contributed by atoms with Crippen LogP contribution in [0.4, 0.5) is 0 Å². The summed E-state index contributed by atoms with van der Waals surface area (Å²) >= 11 is 0. The zero-order valence-electron chi connectivity index (χ0n) is 20.7. The first-order valence-electron chi connectivity index (χ1n) is 11.6. The molecule has 0 aliphatic carbocycles. The molecule has 0 aliphatic rings. The van der Waals surface area contributed by atoms with Crippen molar-refractivity contribution in [2.24, 2.45) is 0 Å². The summed E-state index contributed by atoms with van der Waals surface area (Å²) in [5, 5.41) is 8.86. The normalized spacial score (nSPS) is 14.2. The first kappa shape index (κ1) is 28.8. The number of allylic oxidation sites excluding steroid dienone is 9. The second kappa shape index (κ2) is 17.5. The van der Waals surface area contributed by atoms with Crippen LogP contribution in [0.1, 0.15) is 106 Å². The van der Waals surface area contributed by atoms with Gasteiger partial charge in [0.05, 0.1) is 0 Å². The van der Waals surface area contributed by atoms with E-state index in [-0.39, 0.29) is 5.78 Å². The van der Waals surface area contributed by atoms with Crippen LogP contribution in [0, 0.1) is 0 Å². The van der Waals surface area contributed by atoms with E-state index >= 15 is 0 Å². The van der Waals surface area contributed by atoms with Crippen molar-refractivity contribution in [2.45, 2.75) is 106 Å². The molecule has 174 valence electrons. The lowest BCUT2D eigenvalue weighted by Gasteiger charge is -2.03. The monoisotopic (exact) mass is 428 g/mol. The second-order valence-corrected chi connectivity index (χ2v) is 8.79. The van der Waals surface area contributed by atoms with Gasteiger partial charge in [-0.15, -0.1) is 0 Å². The highest BCUT2D eigenvalue weighted by atomic mass is 16.4. The van der Waals surface area contributed by atoms with Gasteiger partial charge in [-0.05, 0) is 99.3 Å². The standard InChI is InChI=1S/C28H44O3/c1-22(14-8-16-24(3)18-10-20-26(5)28(30)31)12-7-13-23(2)15-9-17-25(4)19-11-21-27(6)29/h12,15-16,19-20H,7-11,13-14,17-18,21H2,1-6H3,(H,30,31)/b22-12+,23-15+,24-16+,25-19+,26-20+. The summed E-state index contributed by atoms with van der Waals surface area (Å²) in [6.45, 7) is 12.0. The van der Waals surface area contributed by atoms with Gasteiger partial charge in [0.25, 0.3) is 0 Å². The summed E-state index contributed by atoms with van der Waals surface area (Å²) < 4.78 is 0. The van der Waals surface area contributed by atoms with Gasteiger partial charge in [-0.3, -0.25) is 0 Å². The molecule has 0 unspecified atom stereocenters. The minimum Gasteiger partial charge on any atom is -0.478 e. The maximum Gasteiger partial charge on any atom is 0.330 e. The molecule has 0 aliphatic heterocycles. The Balaban J connectivity index is 4.12. The van der Waals surface area contributed by atoms with Crippen molar-refractivity contribution in [1.82, 2.24) is 0 Å². The van der Waals surface area contributed by atoms with Crippen molar-refractivity contribution < 1.29 is 14.7 Å². The van der Waals surface area contributed by atoms with E-state index in [2.05, 4.69) is 52.0 Å². The summed E-state index contributed by atoms with van der Waals surface area (Å²) in [4.78, 5) is 21.8. The van der Waals surface area contributed by atoms with E-state index in [0.29, 0.717) is 12.0 Å². The van der Waals surface area contributed by atoms with Crippen molar-refractivity contribution in [3.63, 3.8) is 0 Å². The van der Waals surface area contributed by atoms with Crippen LogP contribution in [0.15, 0.2) is 58.2 Å². The molecule has 0 bridgehead atoms. The number of carbonyl (C=O) groups excluding carboxylic acids is 1. The van der Waals surface area contributed by atoms with Crippen LogP contribution < -0.4 is 0 Å². The van der Waals surface area contributed by atoms with Gasteiger partial charge in [-0.1, -0.05) is 52.7 Å². The van der Waals surface area contributed by atoms with E-state index in [9.17, 15) is 9.59 Å². The summed E-state index contributed by atoms with van der Waals surface area (Å²) in [6, 6.07) is 0. The Kier molecular flexibility index (Phi) is 16.3. The van der Waals surface area contributed by atoms with Crippen molar-refractivity contribution in [3.8, 4) is 0 Å². The maximum absolute atomic E-state index is 11.0. The molecule has 0 heterocycles. The highest BCUT2D eigenvalue weighted by Crippen LogP contribution is 2.15. The first-order valence-corrected chi connectivity index (χ1v) is 11.6. The van der Waals surface area contributed by atoms with Gasteiger partial charge in [-0.25, -0.2) is 4.79 Å². The average molecular weight is 429 g/mol. The van der Waals surface area contributed by atoms with Crippen LogP contribution in [0.25, 0.3) is 0 Å². The Bertz CT molecular complexity index is 715. The van der Waals surface area contributed by atoms with Crippen LogP contribution in [0.3, 0.4) is 0 Å². The summed E-state index contributed by atoms with van der Waals surface area (Å²) in [7, 11) is 0. The fourth-order valence-electron chi connectivity index (χ4n) is 3.17. The van der Waals surface area contributed by atoms with Crippen LogP contribution in [0.2, 0.25) is 0 Å². The van der Waals surface area contributed by atoms with Crippen molar-refractivity contribution in [2.75, 3.05) is 0 Å². The fraction of sp³-hybridized carbons (Fsp3) is 0.571. The second-order valence-electron chi connectivity index (χ2n) is 8.79. The molecule has 0 spiro atoms. The highest BCUT2D eigenvalue weighted by Gasteiger charge is 1.98. The van der Waals surface area contributed by atoms with Gasteiger partial charge in [0, 0.05) is 12.0 Å². The molecule has 0 rings (SSSR count). The first-order chi connectivity index (χ1) is 14.6. The number of carboxylic acid groups (broad SMARTS) is 1. The van der Waals surface area contributed by atoms with Crippen molar-refractivity contribution in [3.05, 3.63) is 58.2 Å². The molecule has 0 amide bonds. The SMILES string of the molecule is CC(=O)CC/C=C(\C)CC/C=C(\C)CC/C=C(\C)CC/C=C(\C)CC/C=C(\C)C(=O)O. The maximum atomic E-state index is 11.0. The average Bonchev–Trinajstić information content (AvgIpc) is 2.67. The zero-order valence-corrected chi connectivity index (χ0v) is 20.7. The summed E-state index contributed by atoms with van der Waals surface area (Å²) in [5.41, 5.74) is 6.00. The number of Topliss-reactive ketones (excluding diaryl/α,β-unsaturated/α-hetero) is 1. The van der Waals surface area contributed by atoms with E-state index < -0.39 is 5.97 Å². The van der Waals surface area contributed by atoms with Crippen LogP contribution >= 0.6 is 0 Å². The lowest BCUT2D eigenvalue weighted by atomic mass is 10.0. The van der Waals surface area contributed by atoms with Gasteiger partial charge in [0.1, 0.15) is 5.78 Å². The molecule has 31 heavy (non-hydrogen) atoms. The smallest absolute Gasteiger partial charge is 0.330 e. The molecule has 0 aromatic rings. The van der Waals surface area contributed by atoms with Crippen molar-refractivity contribution in [1.29, 1.82) is 0 Å². The molecule has 0 atom stereocenters. The molecule has 0 radical (unpaired) electrons. The molecule has 3 nitrogen and oxygen atoms in total. The highest BCUT2D eigenvalue weighted by molar-refractivity contribution is 5.85. The van der Waals surface area contributed by atoms with Crippen LogP contribution in [-0.2, 0) is 9.59 Å². The Hall–Kier alpha value is -2.16. The van der Waals surface area contributed by atoms with Crippen molar-refractivity contribution >= 4 is 11.8 Å². The van der Waals surface area contributed by atoms with Gasteiger partial charge in [0.15, 0.2) is 0 Å². The van der Waals surface area contributed by atoms with E-state index in [1.165, 1.54) is 22.3 Å². The molecule has 0 aromatic heterocycles. The van der Waals surface area contributed by atoms with E-state index in [0.717, 1.165) is 57.8 Å². The Morgan fingerprint density at radius 3 is 1.10 bits per heavy atom. The quantitative estimate of drug-likeness (QED) is 0.199. The predicted molar refractivity (Wildman–Crippen MR) is 133 cm³/mol. The zero-order chi connectivity index (χ0) is 23.6. The molecule has 3 heteroatoms. The number of hydrogen-bond acceptors (Lipinski definition) is 2. The van der Waals surface area contributed by atoms with Gasteiger partial charge in [0.2, 0.25) is 0 Å². The number of ketones is 1. The van der Waals surface area contributed by atoms with Gasteiger partial charge < -0.3 is 9.90 Å². The van der Waals surface area contributed by atoms with E-state index in [4.69, 9.17) is 5.11 Å². The van der Waals surface area contributed by atoms with E-state index in [1.807, 2.05) is 0 Å². The minimum absolute atomic E-state index is 0.259. The molecule has 0 saturated heterocycles. The van der Waals surface area contributed by atoms with Crippen LogP contribution in [0.5, 0.6) is 0 Å². The molecule has 0 saturated carbocycles. The third-order valence-electron chi connectivity index (χ3n) is 5.41. The van der Waals surface area contributed by atoms with Crippen LogP contribution in [-0.4, -0.2) is 16.9 Å². The summed E-state index contributed by atoms with van der Waals surface area (Å²) in [6.07, 6.45) is 20.6. The number of carbonyl (C=O) groups is 2. The predicted octanol–water partition coefficient (Wildman–Crippen LogP) is 8.29. The lowest BCUT2D eigenvalue weighted by molar-refractivity contribution is -0.132. The lowest BCUT2D eigenvalue weighted by Crippen LogP contribution is -1.95. The third-order valence-corrected chi connectivity index (χ3v) is 5.41. The molecular formula is C28H44O3. The molecule has 1 N–H and O–H groups in total. The largest absolute Gasteiger partial charge is 0.478 e. The molecule has 0 fully saturated rings. The molecular weight excluding hydrogens is 384 g/mol.